The molecule has 1 aromatic rings. The molecule has 2 N–H and O–H groups in total. The smallest absolute Gasteiger partial charge is 0.191 e. The lowest BCUT2D eigenvalue weighted by Crippen LogP contribution is -2.49. The van der Waals surface area contributed by atoms with Gasteiger partial charge in [0.1, 0.15) is 0 Å². The van der Waals surface area contributed by atoms with E-state index >= 15 is 0 Å². The molecule has 0 radical (unpaired) electrons. The SMILES string of the molecule is CCN1CCCCC1CNC(=NC)NC(C)c1ccccc1. The lowest BCUT2D eigenvalue weighted by molar-refractivity contribution is 0.157. The third kappa shape index (κ3) is 4.73. The molecule has 1 aromatic carbocycles. The van der Waals surface area contributed by atoms with Crippen molar-refractivity contribution in [3.8, 4) is 0 Å². The highest BCUT2D eigenvalue weighted by atomic mass is 15.2. The maximum atomic E-state index is 4.36. The molecule has 0 spiro atoms. The van der Waals surface area contributed by atoms with Crippen LogP contribution in [0.25, 0.3) is 0 Å². The Hall–Kier alpha value is -1.55. The van der Waals surface area contributed by atoms with Crippen LogP contribution in [-0.4, -0.2) is 43.6 Å². The van der Waals surface area contributed by atoms with Gasteiger partial charge in [0, 0.05) is 19.6 Å². The molecule has 1 aliphatic heterocycles. The zero-order valence-corrected chi connectivity index (χ0v) is 14.2. The van der Waals surface area contributed by atoms with Crippen LogP contribution in [0.3, 0.4) is 0 Å². The van der Waals surface area contributed by atoms with Crippen molar-refractivity contribution in [3.05, 3.63) is 35.9 Å². The third-order valence-electron chi connectivity index (χ3n) is 4.54. The number of aliphatic imine (C=N–C) groups is 1. The fourth-order valence-corrected chi connectivity index (χ4v) is 3.15. The lowest BCUT2D eigenvalue weighted by atomic mass is 10.0. The highest BCUT2D eigenvalue weighted by molar-refractivity contribution is 5.80. The number of likely N-dealkylation sites (N-methyl/N-ethyl adjacent to an activating group) is 1. The third-order valence-corrected chi connectivity index (χ3v) is 4.54. The molecule has 0 aromatic heterocycles. The predicted octanol–water partition coefficient (Wildman–Crippen LogP) is 2.79. The molecular formula is C18H30N4. The standard InChI is InChI=1S/C18H30N4/c1-4-22-13-9-8-12-17(22)14-20-18(19-3)21-15(2)16-10-6-5-7-11-16/h5-7,10-11,15,17H,4,8-9,12-14H2,1-3H3,(H2,19,20,21). The molecule has 2 rings (SSSR count). The second-order valence-electron chi connectivity index (χ2n) is 6.01. The predicted molar refractivity (Wildman–Crippen MR) is 94.2 cm³/mol. The minimum atomic E-state index is 0.251. The summed E-state index contributed by atoms with van der Waals surface area (Å²) >= 11 is 0. The average molecular weight is 302 g/mol. The molecule has 2 unspecified atom stereocenters. The summed E-state index contributed by atoms with van der Waals surface area (Å²) in [6, 6.07) is 11.4. The number of guanidine groups is 1. The Balaban J connectivity index is 1.84. The highest BCUT2D eigenvalue weighted by Crippen LogP contribution is 2.16. The van der Waals surface area contributed by atoms with Crippen LogP contribution in [-0.2, 0) is 0 Å². The van der Waals surface area contributed by atoms with E-state index < -0.39 is 0 Å². The summed E-state index contributed by atoms with van der Waals surface area (Å²) in [5, 5.41) is 6.98. The molecule has 22 heavy (non-hydrogen) atoms. The van der Waals surface area contributed by atoms with Gasteiger partial charge >= 0.3 is 0 Å². The second-order valence-corrected chi connectivity index (χ2v) is 6.01. The normalized spacial score (nSPS) is 21.4. The maximum absolute atomic E-state index is 4.36. The maximum Gasteiger partial charge on any atom is 0.191 e. The van der Waals surface area contributed by atoms with E-state index in [0.717, 1.165) is 19.0 Å². The van der Waals surface area contributed by atoms with E-state index in [9.17, 15) is 0 Å². The zero-order chi connectivity index (χ0) is 15.8. The minimum Gasteiger partial charge on any atom is -0.355 e. The van der Waals surface area contributed by atoms with Gasteiger partial charge in [-0.2, -0.15) is 0 Å². The van der Waals surface area contributed by atoms with Crippen molar-refractivity contribution in [2.75, 3.05) is 26.7 Å². The van der Waals surface area contributed by atoms with E-state index in [1.165, 1.54) is 31.4 Å². The van der Waals surface area contributed by atoms with Crippen molar-refractivity contribution in [1.29, 1.82) is 0 Å². The second kappa shape index (κ2) is 8.79. The van der Waals surface area contributed by atoms with Crippen molar-refractivity contribution in [3.63, 3.8) is 0 Å². The monoisotopic (exact) mass is 302 g/mol. The van der Waals surface area contributed by atoms with Crippen LogP contribution in [0.15, 0.2) is 35.3 Å². The molecule has 1 heterocycles. The topological polar surface area (TPSA) is 39.7 Å². The Kier molecular flexibility index (Phi) is 6.72. The first-order chi connectivity index (χ1) is 10.7. The molecule has 1 aliphatic rings. The molecule has 4 nitrogen and oxygen atoms in total. The summed E-state index contributed by atoms with van der Waals surface area (Å²) in [6.07, 6.45) is 3.96. The van der Waals surface area contributed by atoms with Crippen molar-refractivity contribution in [2.24, 2.45) is 4.99 Å². The summed E-state index contributed by atoms with van der Waals surface area (Å²) in [5.41, 5.74) is 1.28. The van der Waals surface area contributed by atoms with Crippen LogP contribution in [0.2, 0.25) is 0 Å². The molecule has 0 bridgehead atoms. The van der Waals surface area contributed by atoms with Crippen LogP contribution in [0, 0.1) is 0 Å². The van der Waals surface area contributed by atoms with Gasteiger partial charge in [-0.15, -0.1) is 0 Å². The number of nitrogens with one attached hydrogen (secondary N) is 2. The van der Waals surface area contributed by atoms with E-state index in [4.69, 9.17) is 0 Å². The number of hydrogen-bond donors (Lipinski definition) is 2. The Labute approximate surface area is 135 Å². The van der Waals surface area contributed by atoms with Crippen LogP contribution in [0.5, 0.6) is 0 Å². The van der Waals surface area contributed by atoms with E-state index in [-0.39, 0.29) is 6.04 Å². The summed E-state index contributed by atoms with van der Waals surface area (Å²) in [7, 11) is 1.84. The van der Waals surface area contributed by atoms with Gasteiger partial charge in [-0.05, 0) is 38.4 Å². The largest absolute Gasteiger partial charge is 0.355 e. The average Bonchev–Trinajstić information content (AvgIpc) is 2.59. The summed E-state index contributed by atoms with van der Waals surface area (Å²) in [6.45, 7) is 7.76. The Bertz CT molecular complexity index is 457. The molecule has 4 heteroatoms. The van der Waals surface area contributed by atoms with Crippen LogP contribution >= 0.6 is 0 Å². The molecule has 0 saturated carbocycles. The van der Waals surface area contributed by atoms with Crippen molar-refractivity contribution in [1.82, 2.24) is 15.5 Å². The summed E-state index contributed by atoms with van der Waals surface area (Å²) < 4.78 is 0. The van der Waals surface area contributed by atoms with Crippen LogP contribution in [0.1, 0.15) is 44.7 Å². The number of nitrogens with zero attached hydrogens (tertiary/aromatic N) is 2. The minimum absolute atomic E-state index is 0.251. The van der Waals surface area contributed by atoms with Gasteiger partial charge in [0.15, 0.2) is 5.96 Å². The van der Waals surface area contributed by atoms with Gasteiger partial charge in [-0.25, -0.2) is 0 Å². The molecule has 1 fully saturated rings. The van der Waals surface area contributed by atoms with E-state index in [1.807, 2.05) is 13.1 Å². The van der Waals surface area contributed by atoms with Gasteiger partial charge in [0.2, 0.25) is 0 Å². The quantitative estimate of drug-likeness (QED) is 0.649. The fourth-order valence-electron chi connectivity index (χ4n) is 3.15. The van der Waals surface area contributed by atoms with Gasteiger partial charge in [-0.1, -0.05) is 43.7 Å². The molecule has 0 aliphatic carbocycles. The molecular weight excluding hydrogens is 272 g/mol. The van der Waals surface area contributed by atoms with Gasteiger partial charge < -0.3 is 10.6 Å². The van der Waals surface area contributed by atoms with Crippen LogP contribution < -0.4 is 10.6 Å². The van der Waals surface area contributed by atoms with Gasteiger partial charge in [0.05, 0.1) is 6.04 Å². The van der Waals surface area contributed by atoms with Gasteiger partial charge in [0.25, 0.3) is 0 Å². The zero-order valence-electron chi connectivity index (χ0n) is 14.2. The van der Waals surface area contributed by atoms with Crippen molar-refractivity contribution in [2.45, 2.75) is 45.2 Å². The van der Waals surface area contributed by atoms with Crippen molar-refractivity contribution < 1.29 is 0 Å². The first-order valence-corrected chi connectivity index (χ1v) is 8.50. The Morgan fingerprint density at radius 3 is 2.77 bits per heavy atom. The Morgan fingerprint density at radius 1 is 1.32 bits per heavy atom. The summed E-state index contributed by atoms with van der Waals surface area (Å²) in [4.78, 5) is 6.94. The molecule has 122 valence electrons. The first kappa shape index (κ1) is 16.8. The number of benzene rings is 1. The molecule has 0 amide bonds. The van der Waals surface area contributed by atoms with E-state index in [0.29, 0.717) is 6.04 Å². The lowest BCUT2D eigenvalue weighted by Gasteiger charge is -2.35. The van der Waals surface area contributed by atoms with E-state index in [1.54, 1.807) is 0 Å². The number of rotatable bonds is 5. The number of likely N-dealkylation sites (tertiary alicyclic amines) is 1. The molecule has 2 atom stereocenters. The first-order valence-electron chi connectivity index (χ1n) is 8.50. The number of hydrogen-bond acceptors (Lipinski definition) is 2. The fraction of sp³-hybridized carbons (Fsp3) is 0.611. The summed E-state index contributed by atoms with van der Waals surface area (Å²) in [5.74, 6) is 0.887. The van der Waals surface area contributed by atoms with Gasteiger partial charge in [-0.3, -0.25) is 9.89 Å². The highest BCUT2D eigenvalue weighted by Gasteiger charge is 2.21. The Morgan fingerprint density at radius 2 is 2.09 bits per heavy atom. The molecule has 1 saturated heterocycles. The van der Waals surface area contributed by atoms with Crippen molar-refractivity contribution >= 4 is 5.96 Å². The van der Waals surface area contributed by atoms with Crippen LogP contribution in [0.4, 0.5) is 0 Å². The van der Waals surface area contributed by atoms with E-state index in [2.05, 4.69) is 58.6 Å². The number of piperidine rings is 1.